The Hall–Kier alpha value is -2.02. The van der Waals surface area contributed by atoms with Gasteiger partial charge in [0.2, 0.25) is 11.8 Å². The second-order valence-electron chi connectivity index (χ2n) is 7.02. The first kappa shape index (κ1) is 18.8. The van der Waals surface area contributed by atoms with Crippen LogP contribution in [0.5, 0.6) is 0 Å². The van der Waals surface area contributed by atoms with E-state index in [-0.39, 0.29) is 17.7 Å². The molecule has 0 aliphatic carbocycles. The highest BCUT2D eigenvalue weighted by molar-refractivity contribution is 7.99. The summed E-state index contributed by atoms with van der Waals surface area (Å²) < 4.78 is 0. The lowest BCUT2D eigenvalue weighted by molar-refractivity contribution is -0.148. The molecule has 7 heteroatoms. The van der Waals surface area contributed by atoms with Crippen molar-refractivity contribution in [2.45, 2.75) is 31.2 Å². The van der Waals surface area contributed by atoms with Gasteiger partial charge in [-0.05, 0) is 30.6 Å². The van der Waals surface area contributed by atoms with E-state index in [1.54, 1.807) is 16.7 Å². The maximum atomic E-state index is 12.7. The van der Waals surface area contributed by atoms with Gasteiger partial charge in [0.25, 0.3) is 0 Å². The number of piperidine rings is 1. The fourth-order valence-corrected chi connectivity index (χ4v) is 4.85. The Morgan fingerprint density at radius 2 is 2.04 bits per heavy atom. The van der Waals surface area contributed by atoms with Crippen LogP contribution in [0.1, 0.15) is 24.8 Å². The van der Waals surface area contributed by atoms with Crippen molar-refractivity contribution in [2.75, 3.05) is 24.6 Å². The summed E-state index contributed by atoms with van der Waals surface area (Å²) in [6, 6.07) is 9.55. The third kappa shape index (κ3) is 4.20. The minimum Gasteiger partial charge on any atom is -0.479 e. The van der Waals surface area contributed by atoms with Gasteiger partial charge in [-0.25, -0.2) is 4.79 Å². The van der Waals surface area contributed by atoms with Crippen LogP contribution in [0.15, 0.2) is 30.3 Å². The molecule has 2 atom stereocenters. The van der Waals surface area contributed by atoms with Crippen LogP contribution in [0, 0.1) is 5.92 Å². The second kappa shape index (κ2) is 8.12. The van der Waals surface area contributed by atoms with Crippen molar-refractivity contribution in [1.29, 1.82) is 0 Å². The van der Waals surface area contributed by atoms with Crippen molar-refractivity contribution in [3.8, 4) is 0 Å². The van der Waals surface area contributed by atoms with Crippen LogP contribution in [0.4, 0.5) is 0 Å². The van der Waals surface area contributed by atoms with Crippen molar-refractivity contribution in [3.05, 3.63) is 35.9 Å². The van der Waals surface area contributed by atoms with Crippen molar-refractivity contribution in [2.24, 2.45) is 5.92 Å². The third-order valence-electron chi connectivity index (χ3n) is 5.14. The summed E-state index contributed by atoms with van der Waals surface area (Å²) in [6.07, 6.45) is 2.21. The summed E-state index contributed by atoms with van der Waals surface area (Å²) in [5.74, 6) is -0.407. The average Bonchev–Trinajstić information content (AvgIpc) is 3.12. The Morgan fingerprint density at radius 3 is 2.69 bits per heavy atom. The SMILES string of the molecule is O=C(NC1(C(=O)O)CCSC1)C1CCCN(C(=O)Cc2ccccc2)C1. The summed E-state index contributed by atoms with van der Waals surface area (Å²) in [6.45, 7) is 1.01. The maximum Gasteiger partial charge on any atom is 0.330 e. The Labute approximate surface area is 157 Å². The first-order valence-electron chi connectivity index (χ1n) is 8.95. The largest absolute Gasteiger partial charge is 0.479 e. The molecule has 1 aromatic carbocycles. The van der Waals surface area contributed by atoms with Crippen molar-refractivity contribution in [3.63, 3.8) is 0 Å². The van der Waals surface area contributed by atoms with Crippen LogP contribution in [-0.4, -0.2) is 57.9 Å². The zero-order valence-corrected chi connectivity index (χ0v) is 15.5. The number of carboxylic acids is 1. The molecule has 0 spiro atoms. The Kier molecular flexibility index (Phi) is 5.86. The average molecular weight is 376 g/mol. The molecule has 2 amide bonds. The lowest BCUT2D eigenvalue weighted by Crippen LogP contribution is -2.57. The monoisotopic (exact) mass is 376 g/mol. The number of rotatable bonds is 5. The van der Waals surface area contributed by atoms with Crippen LogP contribution in [0.3, 0.4) is 0 Å². The van der Waals surface area contributed by atoms with Gasteiger partial charge in [0.15, 0.2) is 0 Å². The first-order chi connectivity index (χ1) is 12.5. The number of amides is 2. The van der Waals surface area contributed by atoms with E-state index < -0.39 is 11.5 Å². The molecule has 0 bridgehead atoms. The van der Waals surface area contributed by atoms with Crippen LogP contribution in [0.25, 0.3) is 0 Å². The highest BCUT2D eigenvalue weighted by atomic mass is 32.2. The minimum atomic E-state index is -1.15. The number of carboxylic acid groups (broad SMARTS) is 1. The normalized spacial score (nSPS) is 25.7. The molecule has 6 nitrogen and oxygen atoms in total. The minimum absolute atomic E-state index is 0.0121. The molecule has 2 aliphatic rings. The molecule has 2 heterocycles. The topological polar surface area (TPSA) is 86.7 Å². The number of aliphatic carboxylic acids is 1. The number of thioether (sulfide) groups is 1. The van der Waals surface area contributed by atoms with Crippen molar-refractivity contribution < 1.29 is 19.5 Å². The van der Waals surface area contributed by atoms with Crippen molar-refractivity contribution in [1.82, 2.24) is 10.2 Å². The number of hydrogen-bond donors (Lipinski definition) is 2. The molecule has 2 N–H and O–H groups in total. The molecule has 3 rings (SSSR count). The van der Waals surface area contributed by atoms with E-state index in [2.05, 4.69) is 5.32 Å². The van der Waals surface area contributed by atoms with Gasteiger partial charge in [0.1, 0.15) is 5.54 Å². The Bertz CT molecular complexity index is 673. The molecule has 0 saturated carbocycles. The van der Waals surface area contributed by atoms with Gasteiger partial charge in [-0.15, -0.1) is 0 Å². The Morgan fingerprint density at radius 1 is 1.27 bits per heavy atom. The fourth-order valence-electron chi connectivity index (χ4n) is 3.52. The molecule has 0 radical (unpaired) electrons. The van der Waals surface area contributed by atoms with Gasteiger partial charge in [-0.2, -0.15) is 11.8 Å². The number of carbonyl (C=O) groups excluding carboxylic acids is 2. The van der Waals surface area contributed by atoms with Gasteiger partial charge < -0.3 is 15.3 Å². The predicted molar refractivity (Wildman–Crippen MR) is 99.9 cm³/mol. The van der Waals surface area contributed by atoms with Gasteiger partial charge >= 0.3 is 5.97 Å². The number of nitrogens with one attached hydrogen (secondary N) is 1. The summed E-state index contributed by atoms with van der Waals surface area (Å²) in [5, 5.41) is 12.3. The van der Waals surface area contributed by atoms with E-state index in [1.165, 1.54) is 0 Å². The van der Waals surface area contributed by atoms with E-state index in [4.69, 9.17) is 0 Å². The van der Waals surface area contributed by atoms with Crippen LogP contribution < -0.4 is 5.32 Å². The summed E-state index contributed by atoms with van der Waals surface area (Å²) >= 11 is 1.54. The third-order valence-corrected chi connectivity index (χ3v) is 6.33. The first-order valence-corrected chi connectivity index (χ1v) is 10.1. The van der Waals surface area contributed by atoms with Gasteiger partial charge in [-0.1, -0.05) is 30.3 Å². The van der Waals surface area contributed by atoms with Crippen LogP contribution in [0.2, 0.25) is 0 Å². The molecule has 140 valence electrons. The molecule has 0 aromatic heterocycles. The number of carbonyl (C=O) groups is 3. The fraction of sp³-hybridized carbons (Fsp3) is 0.526. The van der Waals surface area contributed by atoms with E-state index in [0.29, 0.717) is 38.1 Å². The maximum absolute atomic E-state index is 12.7. The highest BCUT2D eigenvalue weighted by Crippen LogP contribution is 2.29. The number of likely N-dealkylation sites (tertiary alicyclic amines) is 1. The molecular formula is C19H24N2O4S. The summed E-state index contributed by atoms with van der Waals surface area (Å²) in [7, 11) is 0. The van der Waals surface area contributed by atoms with Gasteiger partial charge in [0.05, 0.1) is 12.3 Å². The standard InChI is InChI=1S/C19H24N2O4S/c22-16(11-14-5-2-1-3-6-14)21-9-4-7-15(12-21)17(23)20-19(18(24)25)8-10-26-13-19/h1-3,5-6,15H,4,7-13H2,(H,20,23)(H,24,25). The Balaban J connectivity index is 1.60. The number of benzene rings is 1. The molecule has 2 saturated heterocycles. The van der Waals surface area contributed by atoms with Crippen LogP contribution in [-0.2, 0) is 20.8 Å². The zero-order chi connectivity index (χ0) is 18.6. The lowest BCUT2D eigenvalue weighted by Gasteiger charge is -2.34. The molecule has 2 unspecified atom stereocenters. The van der Waals surface area contributed by atoms with Gasteiger partial charge in [-0.3, -0.25) is 9.59 Å². The van der Waals surface area contributed by atoms with E-state index in [0.717, 1.165) is 17.7 Å². The summed E-state index contributed by atoms with van der Waals surface area (Å²) in [5.41, 5.74) is -0.199. The van der Waals surface area contributed by atoms with E-state index >= 15 is 0 Å². The molecule has 1 aromatic rings. The predicted octanol–water partition coefficient (Wildman–Crippen LogP) is 1.54. The number of hydrogen-bond acceptors (Lipinski definition) is 4. The quantitative estimate of drug-likeness (QED) is 0.814. The van der Waals surface area contributed by atoms with Gasteiger partial charge in [0, 0.05) is 18.8 Å². The lowest BCUT2D eigenvalue weighted by atomic mass is 9.93. The molecule has 2 fully saturated rings. The van der Waals surface area contributed by atoms with Crippen LogP contribution >= 0.6 is 11.8 Å². The number of nitrogens with zero attached hydrogens (tertiary/aromatic N) is 1. The van der Waals surface area contributed by atoms with E-state index in [9.17, 15) is 19.5 Å². The molecule has 26 heavy (non-hydrogen) atoms. The van der Waals surface area contributed by atoms with E-state index in [1.807, 2.05) is 30.3 Å². The highest BCUT2D eigenvalue weighted by Gasteiger charge is 2.44. The van der Waals surface area contributed by atoms with Crippen molar-refractivity contribution >= 4 is 29.5 Å². The smallest absolute Gasteiger partial charge is 0.330 e. The zero-order valence-electron chi connectivity index (χ0n) is 14.6. The molecular weight excluding hydrogens is 352 g/mol. The second-order valence-corrected chi connectivity index (χ2v) is 8.13. The molecule has 2 aliphatic heterocycles. The summed E-state index contributed by atoms with van der Waals surface area (Å²) in [4.78, 5) is 38.6.